The summed E-state index contributed by atoms with van der Waals surface area (Å²) >= 11 is 0. The molecule has 1 aromatic heterocycles. The van der Waals surface area contributed by atoms with Crippen molar-refractivity contribution in [3.8, 4) is 0 Å². The monoisotopic (exact) mass is 293 g/mol. The fourth-order valence-corrected chi connectivity index (χ4v) is 3.06. The maximum absolute atomic E-state index is 5.66. The number of rotatable bonds is 7. The molecule has 4 nitrogen and oxygen atoms in total. The minimum absolute atomic E-state index is 0.651. The summed E-state index contributed by atoms with van der Waals surface area (Å²) in [6.45, 7) is 16.6. The van der Waals surface area contributed by atoms with E-state index in [4.69, 9.17) is 4.42 Å². The predicted octanol–water partition coefficient (Wildman–Crippen LogP) is 2.55. The van der Waals surface area contributed by atoms with Gasteiger partial charge in [-0.25, -0.2) is 0 Å². The van der Waals surface area contributed by atoms with E-state index in [-0.39, 0.29) is 0 Å². The topological polar surface area (TPSA) is 31.6 Å². The minimum atomic E-state index is 0.651. The molecule has 2 rings (SSSR count). The second kappa shape index (κ2) is 7.97. The van der Waals surface area contributed by atoms with Gasteiger partial charge in [0.15, 0.2) is 0 Å². The van der Waals surface area contributed by atoms with E-state index in [9.17, 15) is 0 Å². The summed E-state index contributed by atoms with van der Waals surface area (Å²) in [7, 11) is 0. The number of hydrogen-bond donors (Lipinski definition) is 1. The van der Waals surface area contributed by atoms with Crippen LogP contribution in [0.5, 0.6) is 0 Å². The number of hydrogen-bond acceptors (Lipinski definition) is 4. The molecule has 1 atom stereocenters. The van der Waals surface area contributed by atoms with Gasteiger partial charge in [-0.05, 0) is 32.0 Å². The van der Waals surface area contributed by atoms with E-state index in [0.717, 1.165) is 45.0 Å². The standard InChI is InChI=1S/C17H31N3O/c1-5-20-8-7-19(12-15(20)4)13-16-6-9-21-17(16)11-18-10-14(2)3/h6,9,14-15,18H,5,7-8,10-13H2,1-4H3. The minimum Gasteiger partial charge on any atom is -0.468 e. The van der Waals surface area contributed by atoms with E-state index >= 15 is 0 Å². The molecule has 2 heterocycles. The van der Waals surface area contributed by atoms with E-state index in [2.05, 4.69) is 48.9 Å². The number of nitrogens with zero attached hydrogens (tertiary/aromatic N) is 2. The SMILES string of the molecule is CCN1CCN(Cc2ccoc2CNCC(C)C)CC1C. The van der Waals surface area contributed by atoms with Crippen LogP contribution in [-0.2, 0) is 13.1 Å². The highest BCUT2D eigenvalue weighted by Crippen LogP contribution is 2.17. The average Bonchev–Trinajstić information content (AvgIpc) is 2.86. The second-order valence-corrected chi connectivity index (χ2v) is 6.61. The first-order valence-corrected chi connectivity index (χ1v) is 8.32. The van der Waals surface area contributed by atoms with Gasteiger partial charge in [-0.1, -0.05) is 20.8 Å². The summed E-state index contributed by atoms with van der Waals surface area (Å²) in [6.07, 6.45) is 1.83. The predicted molar refractivity (Wildman–Crippen MR) is 87.2 cm³/mol. The highest BCUT2D eigenvalue weighted by molar-refractivity contribution is 5.17. The van der Waals surface area contributed by atoms with Gasteiger partial charge in [0.1, 0.15) is 5.76 Å². The first kappa shape index (κ1) is 16.5. The molecular formula is C17H31N3O. The van der Waals surface area contributed by atoms with Crippen molar-refractivity contribution < 1.29 is 4.42 Å². The molecular weight excluding hydrogens is 262 g/mol. The molecule has 0 aliphatic carbocycles. The van der Waals surface area contributed by atoms with Gasteiger partial charge >= 0.3 is 0 Å². The lowest BCUT2D eigenvalue weighted by Crippen LogP contribution is -2.51. The van der Waals surface area contributed by atoms with Gasteiger partial charge < -0.3 is 9.73 Å². The lowest BCUT2D eigenvalue weighted by Gasteiger charge is -2.39. The molecule has 1 saturated heterocycles. The first-order chi connectivity index (χ1) is 10.1. The van der Waals surface area contributed by atoms with Crippen molar-refractivity contribution in [2.75, 3.05) is 32.7 Å². The molecule has 1 aromatic rings. The van der Waals surface area contributed by atoms with Gasteiger partial charge in [-0.2, -0.15) is 0 Å². The molecule has 0 radical (unpaired) electrons. The summed E-state index contributed by atoms with van der Waals surface area (Å²) < 4.78 is 5.66. The van der Waals surface area contributed by atoms with Crippen LogP contribution in [-0.4, -0.2) is 48.6 Å². The summed E-state index contributed by atoms with van der Waals surface area (Å²) in [5, 5.41) is 3.47. The van der Waals surface area contributed by atoms with Gasteiger partial charge in [0.05, 0.1) is 12.8 Å². The average molecular weight is 293 g/mol. The largest absolute Gasteiger partial charge is 0.468 e. The Morgan fingerprint density at radius 1 is 1.38 bits per heavy atom. The Bertz CT molecular complexity index is 416. The molecule has 0 bridgehead atoms. The maximum atomic E-state index is 5.66. The van der Waals surface area contributed by atoms with Crippen LogP contribution in [0.4, 0.5) is 0 Å². The van der Waals surface area contributed by atoms with Crippen molar-refractivity contribution >= 4 is 0 Å². The fraction of sp³-hybridized carbons (Fsp3) is 0.765. The molecule has 1 aliphatic rings. The normalized spacial score (nSPS) is 21.3. The molecule has 0 amide bonds. The molecule has 0 saturated carbocycles. The van der Waals surface area contributed by atoms with Crippen molar-refractivity contribution in [1.82, 2.24) is 15.1 Å². The van der Waals surface area contributed by atoms with Crippen LogP contribution in [0.3, 0.4) is 0 Å². The Kier molecular flexibility index (Phi) is 6.27. The summed E-state index contributed by atoms with van der Waals surface area (Å²) in [4.78, 5) is 5.10. The zero-order valence-corrected chi connectivity index (χ0v) is 14.1. The van der Waals surface area contributed by atoms with Crippen molar-refractivity contribution in [2.24, 2.45) is 5.92 Å². The van der Waals surface area contributed by atoms with Crippen LogP contribution in [0.2, 0.25) is 0 Å². The third-order valence-electron chi connectivity index (χ3n) is 4.33. The Balaban J connectivity index is 1.84. The third kappa shape index (κ3) is 4.83. The summed E-state index contributed by atoms with van der Waals surface area (Å²) in [5.74, 6) is 1.77. The molecule has 1 fully saturated rings. The Morgan fingerprint density at radius 3 is 2.86 bits per heavy atom. The Hall–Kier alpha value is -0.840. The lowest BCUT2D eigenvalue weighted by atomic mass is 10.1. The second-order valence-electron chi connectivity index (χ2n) is 6.61. The quantitative estimate of drug-likeness (QED) is 0.837. The van der Waals surface area contributed by atoms with E-state index in [1.54, 1.807) is 0 Å². The molecule has 4 heteroatoms. The van der Waals surface area contributed by atoms with Gasteiger partial charge in [0.25, 0.3) is 0 Å². The number of piperazine rings is 1. The summed E-state index contributed by atoms with van der Waals surface area (Å²) in [5.41, 5.74) is 1.34. The molecule has 0 spiro atoms. The van der Waals surface area contributed by atoms with Crippen molar-refractivity contribution in [3.63, 3.8) is 0 Å². The zero-order chi connectivity index (χ0) is 15.2. The third-order valence-corrected chi connectivity index (χ3v) is 4.33. The Morgan fingerprint density at radius 2 is 2.19 bits per heavy atom. The van der Waals surface area contributed by atoms with Gasteiger partial charge in [-0.15, -0.1) is 0 Å². The van der Waals surface area contributed by atoms with Crippen LogP contribution >= 0.6 is 0 Å². The molecule has 1 aliphatic heterocycles. The van der Waals surface area contributed by atoms with E-state index in [1.807, 2.05) is 6.26 Å². The fourth-order valence-electron chi connectivity index (χ4n) is 3.06. The maximum Gasteiger partial charge on any atom is 0.122 e. The lowest BCUT2D eigenvalue weighted by molar-refractivity contribution is 0.0830. The first-order valence-electron chi connectivity index (χ1n) is 8.32. The van der Waals surface area contributed by atoms with E-state index in [0.29, 0.717) is 12.0 Å². The van der Waals surface area contributed by atoms with Crippen LogP contribution < -0.4 is 5.32 Å². The van der Waals surface area contributed by atoms with Crippen LogP contribution in [0.1, 0.15) is 39.0 Å². The summed E-state index contributed by atoms with van der Waals surface area (Å²) in [6, 6.07) is 2.78. The van der Waals surface area contributed by atoms with Crippen molar-refractivity contribution in [1.29, 1.82) is 0 Å². The molecule has 1 unspecified atom stereocenters. The van der Waals surface area contributed by atoms with E-state index < -0.39 is 0 Å². The number of furan rings is 1. The van der Waals surface area contributed by atoms with Crippen LogP contribution in [0.25, 0.3) is 0 Å². The molecule has 120 valence electrons. The van der Waals surface area contributed by atoms with Gasteiger partial charge in [0.2, 0.25) is 0 Å². The van der Waals surface area contributed by atoms with Gasteiger partial charge in [0, 0.05) is 37.8 Å². The van der Waals surface area contributed by atoms with E-state index in [1.165, 1.54) is 12.1 Å². The number of nitrogens with one attached hydrogen (secondary N) is 1. The van der Waals surface area contributed by atoms with Crippen molar-refractivity contribution in [2.45, 2.75) is 46.8 Å². The molecule has 0 aromatic carbocycles. The van der Waals surface area contributed by atoms with Crippen LogP contribution in [0.15, 0.2) is 16.7 Å². The van der Waals surface area contributed by atoms with Crippen molar-refractivity contribution in [3.05, 3.63) is 23.7 Å². The number of likely N-dealkylation sites (N-methyl/N-ethyl adjacent to an activating group) is 1. The molecule has 1 N–H and O–H groups in total. The van der Waals surface area contributed by atoms with Crippen LogP contribution in [0, 0.1) is 5.92 Å². The molecule has 21 heavy (non-hydrogen) atoms. The zero-order valence-electron chi connectivity index (χ0n) is 14.1. The highest BCUT2D eigenvalue weighted by atomic mass is 16.3. The van der Waals surface area contributed by atoms with Gasteiger partial charge in [-0.3, -0.25) is 9.80 Å². The smallest absolute Gasteiger partial charge is 0.122 e. The highest BCUT2D eigenvalue weighted by Gasteiger charge is 2.23. The Labute approximate surface area is 129 Å².